The van der Waals surface area contributed by atoms with E-state index in [-0.39, 0.29) is 11.5 Å². The second kappa shape index (κ2) is 12.9. The Balaban J connectivity index is 1.71. The lowest BCUT2D eigenvalue weighted by Crippen LogP contribution is -2.23. The van der Waals surface area contributed by atoms with E-state index >= 15 is 0 Å². The molecule has 38 heavy (non-hydrogen) atoms. The van der Waals surface area contributed by atoms with Gasteiger partial charge >= 0.3 is 0 Å². The van der Waals surface area contributed by atoms with Gasteiger partial charge in [-0.1, -0.05) is 67.7 Å². The molecule has 0 N–H and O–H groups in total. The van der Waals surface area contributed by atoms with Gasteiger partial charge in [-0.25, -0.2) is 4.98 Å². The van der Waals surface area contributed by atoms with Crippen molar-refractivity contribution >= 4 is 80.8 Å². The van der Waals surface area contributed by atoms with Gasteiger partial charge in [0.1, 0.15) is 12.4 Å². The van der Waals surface area contributed by atoms with Crippen molar-refractivity contribution in [1.82, 2.24) is 9.66 Å². The number of rotatable bonds is 9. The molecular formula is C28H25Br4N3O3. The molecule has 0 amide bonds. The van der Waals surface area contributed by atoms with Crippen LogP contribution in [0.5, 0.6) is 11.5 Å². The fourth-order valence-electron chi connectivity index (χ4n) is 3.76. The number of aromatic nitrogens is 2. The van der Waals surface area contributed by atoms with Crippen molar-refractivity contribution in [3.05, 3.63) is 93.7 Å². The normalized spacial score (nSPS) is 12.3. The molecule has 0 saturated heterocycles. The van der Waals surface area contributed by atoms with Gasteiger partial charge in [-0.15, -0.1) is 0 Å². The smallest absolute Gasteiger partial charge is 0.282 e. The first-order valence-corrected chi connectivity index (χ1v) is 15.2. The van der Waals surface area contributed by atoms with Gasteiger partial charge in [0.05, 0.1) is 28.2 Å². The minimum atomic E-state index is -0.216. The van der Waals surface area contributed by atoms with Crippen molar-refractivity contribution in [2.24, 2.45) is 5.10 Å². The summed E-state index contributed by atoms with van der Waals surface area (Å²) in [5.41, 5.74) is 2.18. The molecule has 198 valence electrons. The van der Waals surface area contributed by atoms with E-state index in [9.17, 15) is 4.79 Å². The predicted octanol–water partition coefficient (Wildman–Crippen LogP) is 8.82. The Hall–Kier alpha value is -2.01. The summed E-state index contributed by atoms with van der Waals surface area (Å²) in [6, 6.07) is 15.2. The van der Waals surface area contributed by atoms with E-state index in [1.54, 1.807) is 12.3 Å². The van der Waals surface area contributed by atoms with Crippen molar-refractivity contribution in [2.75, 3.05) is 6.61 Å². The molecule has 0 fully saturated rings. The number of hydrogen-bond acceptors (Lipinski definition) is 5. The average molecular weight is 771 g/mol. The highest BCUT2D eigenvalue weighted by molar-refractivity contribution is 9.11. The Kier molecular flexibility index (Phi) is 9.84. The number of ether oxygens (including phenoxy) is 2. The zero-order valence-electron chi connectivity index (χ0n) is 21.0. The molecule has 3 aromatic carbocycles. The standard InChI is InChI=1S/C28H25Br4N3O3/c1-4-16(3)27-34-24-9-8-19(29)12-21(24)28(36)35(27)33-14-17-10-23(32)26(25(11-17)37-5-2)38-15-18-6-7-20(30)13-22(18)31/h6-14,16H,4-5,15H2,1-3H3/t16-/m1/s1. The number of benzene rings is 3. The van der Waals surface area contributed by atoms with E-state index in [1.165, 1.54) is 4.68 Å². The van der Waals surface area contributed by atoms with E-state index < -0.39 is 0 Å². The second-order valence-electron chi connectivity index (χ2n) is 8.59. The molecule has 0 unspecified atom stereocenters. The van der Waals surface area contributed by atoms with Crippen LogP contribution in [0, 0.1) is 0 Å². The molecule has 0 saturated carbocycles. The second-order valence-corrected chi connectivity index (χ2v) is 12.1. The maximum atomic E-state index is 13.4. The van der Waals surface area contributed by atoms with Crippen LogP contribution >= 0.6 is 63.7 Å². The Morgan fingerprint density at radius 2 is 1.71 bits per heavy atom. The van der Waals surface area contributed by atoms with Gasteiger partial charge in [0.2, 0.25) is 0 Å². The molecule has 0 aliphatic rings. The summed E-state index contributed by atoms with van der Waals surface area (Å²) >= 11 is 14.1. The summed E-state index contributed by atoms with van der Waals surface area (Å²) in [7, 11) is 0. The fraction of sp³-hybridized carbons (Fsp3) is 0.250. The summed E-state index contributed by atoms with van der Waals surface area (Å²) in [5, 5.41) is 5.09. The molecule has 0 spiro atoms. The molecule has 4 rings (SSSR count). The average Bonchev–Trinajstić information content (AvgIpc) is 2.88. The molecule has 10 heteroatoms. The lowest BCUT2D eigenvalue weighted by atomic mass is 10.1. The van der Waals surface area contributed by atoms with Gasteiger partial charge < -0.3 is 9.47 Å². The highest BCUT2D eigenvalue weighted by atomic mass is 79.9. The maximum absolute atomic E-state index is 13.4. The van der Waals surface area contributed by atoms with Crippen LogP contribution in [-0.4, -0.2) is 22.5 Å². The van der Waals surface area contributed by atoms with Crippen LogP contribution in [0.25, 0.3) is 10.9 Å². The summed E-state index contributed by atoms with van der Waals surface area (Å²) in [4.78, 5) is 18.2. The van der Waals surface area contributed by atoms with Crippen molar-refractivity contribution in [2.45, 2.75) is 39.7 Å². The Labute approximate surface area is 255 Å². The van der Waals surface area contributed by atoms with E-state index in [1.807, 2.05) is 56.3 Å². The van der Waals surface area contributed by atoms with Crippen LogP contribution in [0.2, 0.25) is 0 Å². The minimum Gasteiger partial charge on any atom is -0.490 e. The van der Waals surface area contributed by atoms with Gasteiger partial charge in [0, 0.05) is 24.9 Å². The minimum absolute atomic E-state index is 0.0485. The first-order chi connectivity index (χ1) is 18.2. The largest absolute Gasteiger partial charge is 0.490 e. The first kappa shape index (κ1) is 29.0. The van der Waals surface area contributed by atoms with Crippen molar-refractivity contribution in [1.29, 1.82) is 0 Å². The molecule has 1 aromatic heterocycles. The van der Waals surface area contributed by atoms with Gasteiger partial charge in [-0.3, -0.25) is 4.79 Å². The lowest BCUT2D eigenvalue weighted by molar-refractivity contribution is 0.267. The molecule has 1 atom stereocenters. The number of fused-ring (bicyclic) bond motifs is 1. The van der Waals surface area contributed by atoms with Crippen LogP contribution in [0.1, 0.15) is 50.1 Å². The first-order valence-electron chi connectivity index (χ1n) is 12.0. The summed E-state index contributed by atoms with van der Waals surface area (Å²) in [6.45, 7) is 6.84. The van der Waals surface area contributed by atoms with E-state index in [0.29, 0.717) is 45.9 Å². The van der Waals surface area contributed by atoms with Crippen molar-refractivity contribution in [3.8, 4) is 11.5 Å². The van der Waals surface area contributed by atoms with E-state index in [4.69, 9.17) is 14.5 Å². The zero-order chi connectivity index (χ0) is 27.4. The van der Waals surface area contributed by atoms with Crippen LogP contribution in [0.15, 0.2) is 76.3 Å². The highest BCUT2D eigenvalue weighted by Gasteiger charge is 2.17. The van der Waals surface area contributed by atoms with Gasteiger partial charge in [-0.05, 0) is 77.3 Å². The highest BCUT2D eigenvalue weighted by Crippen LogP contribution is 2.37. The third-order valence-electron chi connectivity index (χ3n) is 5.93. The topological polar surface area (TPSA) is 65.7 Å². The van der Waals surface area contributed by atoms with Crippen LogP contribution < -0.4 is 15.0 Å². The molecule has 0 radical (unpaired) electrons. The third kappa shape index (κ3) is 6.58. The SMILES string of the molecule is CCOc1cc(C=Nn2c([C@H](C)CC)nc3ccc(Br)cc3c2=O)cc(Br)c1OCc1ccc(Br)cc1Br. The lowest BCUT2D eigenvalue weighted by Gasteiger charge is -2.16. The monoisotopic (exact) mass is 767 g/mol. The van der Waals surface area contributed by atoms with Crippen LogP contribution in [0.4, 0.5) is 0 Å². The molecule has 6 nitrogen and oxygen atoms in total. The summed E-state index contributed by atoms with van der Waals surface area (Å²) in [5.74, 6) is 1.83. The molecule has 1 heterocycles. The molecule has 0 aliphatic heterocycles. The summed E-state index contributed by atoms with van der Waals surface area (Å²) in [6.07, 6.45) is 2.46. The maximum Gasteiger partial charge on any atom is 0.282 e. The molecule has 0 aliphatic carbocycles. The number of hydrogen-bond donors (Lipinski definition) is 0. The Morgan fingerprint density at radius 3 is 2.42 bits per heavy atom. The van der Waals surface area contributed by atoms with Crippen LogP contribution in [-0.2, 0) is 6.61 Å². The van der Waals surface area contributed by atoms with E-state index in [0.717, 1.165) is 31.0 Å². The Bertz CT molecular complexity index is 1570. The van der Waals surface area contributed by atoms with E-state index in [2.05, 4.69) is 75.7 Å². The van der Waals surface area contributed by atoms with Gasteiger partial charge in [0.15, 0.2) is 11.5 Å². The number of nitrogens with zero attached hydrogens (tertiary/aromatic N) is 3. The molecule has 0 bridgehead atoms. The van der Waals surface area contributed by atoms with Crippen molar-refractivity contribution in [3.63, 3.8) is 0 Å². The van der Waals surface area contributed by atoms with Crippen molar-refractivity contribution < 1.29 is 9.47 Å². The molecular weight excluding hydrogens is 746 g/mol. The number of halogens is 4. The predicted molar refractivity (Wildman–Crippen MR) is 167 cm³/mol. The zero-order valence-corrected chi connectivity index (χ0v) is 27.3. The third-order valence-corrected chi connectivity index (χ3v) is 8.24. The van der Waals surface area contributed by atoms with Crippen LogP contribution in [0.3, 0.4) is 0 Å². The Morgan fingerprint density at radius 1 is 0.974 bits per heavy atom. The summed E-state index contributed by atoms with van der Waals surface area (Å²) < 4.78 is 16.9. The quantitative estimate of drug-likeness (QED) is 0.160. The van der Waals surface area contributed by atoms with Gasteiger partial charge in [-0.2, -0.15) is 9.78 Å². The molecule has 4 aromatic rings. The fourth-order valence-corrected chi connectivity index (χ4v) is 5.85. The van der Waals surface area contributed by atoms with Gasteiger partial charge in [0.25, 0.3) is 5.56 Å².